The van der Waals surface area contributed by atoms with Gasteiger partial charge in [-0.25, -0.2) is 4.79 Å². The first-order valence-corrected chi connectivity index (χ1v) is 5.17. The Kier molecular flexibility index (Phi) is 2.82. The van der Waals surface area contributed by atoms with Gasteiger partial charge in [0.15, 0.2) is 5.82 Å². The van der Waals surface area contributed by atoms with Crippen LogP contribution >= 0.6 is 0 Å². The van der Waals surface area contributed by atoms with Gasteiger partial charge in [-0.05, 0) is 30.7 Å². The molecule has 5 heteroatoms. The van der Waals surface area contributed by atoms with Crippen molar-refractivity contribution in [1.29, 1.82) is 0 Å². The second kappa shape index (κ2) is 4.29. The number of hydrogen-bond acceptors (Lipinski definition) is 3. The molecule has 0 aliphatic carbocycles. The number of benzene rings is 1. The summed E-state index contributed by atoms with van der Waals surface area (Å²) in [5, 5.41) is 16.2. The van der Waals surface area contributed by atoms with E-state index in [1.54, 1.807) is 29.8 Å². The minimum Gasteiger partial charge on any atom is -0.478 e. The van der Waals surface area contributed by atoms with Crippen molar-refractivity contribution in [3.8, 4) is 0 Å². The number of hydrogen-bond donors (Lipinski definition) is 2. The molecule has 0 aliphatic rings. The summed E-state index contributed by atoms with van der Waals surface area (Å²) < 4.78 is 1.70. The smallest absolute Gasteiger partial charge is 0.335 e. The molecule has 1 heterocycles. The van der Waals surface area contributed by atoms with Gasteiger partial charge in [0.25, 0.3) is 0 Å². The summed E-state index contributed by atoms with van der Waals surface area (Å²) in [6, 6.07) is 6.95. The zero-order chi connectivity index (χ0) is 12.4. The first kappa shape index (κ1) is 11.2. The highest BCUT2D eigenvalue weighted by atomic mass is 16.4. The lowest BCUT2D eigenvalue weighted by molar-refractivity contribution is 0.0696. The van der Waals surface area contributed by atoms with Crippen LogP contribution in [-0.2, 0) is 7.05 Å². The number of carboxylic acids is 1. The third kappa shape index (κ3) is 2.44. The SMILES string of the molecule is Cc1cc(Nc2ccn(C)n2)ccc1C(=O)O. The van der Waals surface area contributed by atoms with Gasteiger partial charge < -0.3 is 10.4 Å². The average molecular weight is 231 g/mol. The van der Waals surface area contributed by atoms with E-state index in [-0.39, 0.29) is 0 Å². The lowest BCUT2D eigenvalue weighted by atomic mass is 10.1. The van der Waals surface area contributed by atoms with Crippen molar-refractivity contribution in [2.45, 2.75) is 6.92 Å². The molecule has 0 spiro atoms. The van der Waals surface area contributed by atoms with E-state index in [1.165, 1.54) is 0 Å². The van der Waals surface area contributed by atoms with Gasteiger partial charge in [0.1, 0.15) is 0 Å². The molecule has 17 heavy (non-hydrogen) atoms. The summed E-state index contributed by atoms with van der Waals surface area (Å²) in [5.74, 6) is -0.179. The van der Waals surface area contributed by atoms with Crippen molar-refractivity contribution >= 4 is 17.5 Å². The van der Waals surface area contributed by atoms with Gasteiger partial charge in [0.2, 0.25) is 0 Å². The van der Waals surface area contributed by atoms with Crippen molar-refractivity contribution in [2.75, 3.05) is 5.32 Å². The van der Waals surface area contributed by atoms with Crippen molar-refractivity contribution < 1.29 is 9.90 Å². The Balaban J connectivity index is 2.23. The van der Waals surface area contributed by atoms with Crippen LogP contribution in [0.5, 0.6) is 0 Å². The molecule has 0 unspecified atom stereocenters. The van der Waals surface area contributed by atoms with Crippen LogP contribution in [0.25, 0.3) is 0 Å². The molecule has 0 saturated carbocycles. The molecule has 1 aromatic carbocycles. The van der Waals surface area contributed by atoms with Crippen LogP contribution in [0.3, 0.4) is 0 Å². The van der Waals surface area contributed by atoms with Gasteiger partial charge in [-0.3, -0.25) is 4.68 Å². The fourth-order valence-corrected chi connectivity index (χ4v) is 1.61. The van der Waals surface area contributed by atoms with E-state index >= 15 is 0 Å². The summed E-state index contributed by atoms with van der Waals surface area (Å²) >= 11 is 0. The molecule has 2 rings (SSSR count). The fourth-order valence-electron chi connectivity index (χ4n) is 1.61. The molecule has 0 amide bonds. The van der Waals surface area contributed by atoms with E-state index in [2.05, 4.69) is 10.4 Å². The van der Waals surface area contributed by atoms with Gasteiger partial charge >= 0.3 is 5.97 Å². The summed E-state index contributed by atoms with van der Waals surface area (Å²) in [7, 11) is 1.84. The Morgan fingerprint density at radius 2 is 2.18 bits per heavy atom. The van der Waals surface area contributed by atoms with Crippen LogP contribution in [0.2, 0.25) is 0 Å². The van der Waals surface area contributed by atoms with Crippen molar-refractivity contribution in [1.82, 2.24) is 9.78 Å². The number of nitrogens with one attached hydrogen (secondary N) is 1. The number of nitrogens with zero attached hydrogens (tertiary/aromatic N) is 2. The second-order valence-corrected chi connectivity index (χ2v) is 3.83. The molecule has 0 radical (unpaired) electrons. The maximum Gasteiger partial charge on any atom is 0.335 e. The number of aromatic carboxylic acids is 1. The zero-order valence-corrected chi connectivity index (χ0v) is 9.64. The summed E-state index contributed by atoms with van der Waals surface area (Å²) in [6.07, 6.45) is 1.83. The van der Waals surface area contributed by atoms with Gasteiger partial charge in [0, 0.05) is 25.0 Å². The number of aromatic nitrogens is 2. The van der Waals surface area contributed by atoms with Crippen molar-refractivity contribution in [3.05, 3.63) is 41.6 Å². The molecular weight excluding hydrogens is 218 g/mol. The zero-order valence-electron chi connectivity index (χ0n) is 9.64. The van der Waals surface area contributed by atoms with E-state index in [4.69, 9.17) is 5.11 Å². The molecule has 0 atom stereocenters. The van der Waals surface area contributed by atoms with E-state index in [9.17, 15) is 4.79 Å². The van der Waals surface area contributed by atoms with Crippen LogP contribution in [0.4, 0.5) is 11.5 Å². The first-order valence-electron chi connectivity index (χ1n) is 5.17. The quantitative estimate of drug-likeness (QED) is 0.849. The van der Waals surface area contributed by atoms with Crippen molar-refractivity contribution in [3.63, 3.8) is 0 Å². The molecule has 2 aromatic rings. The minimum absolute atomic E-state index is 0.316. The van der Waals surface area contributed by atoms with E-state index < -0.39 is 5.97 Å². The van der Waals surface area contributed by atoms with E-state index in [0.29, 0.717) is 5.56 Å². The van der Waals surface area contributed by atoms with Crippen LogP contribution < -0.4 is 5.32 Å². The van der Waals surface area contributed by atoms with E-state index in [1.807, 2.05) is 19.3 Å². The predicted molar refractivity (Wildman–Crippen MR) is 64.6 cm³/mol. The standard InChI is InChI=1S/C12H13N3O2/c1-8-7-9(3-4-10(8)12(16)17)13-11-5-6-15(2)14-11/h3-7H,1-2H3,(H,13,14)(H,16,17). The monoisotopic (exact) mass is 231 g/mol. The molecule has 2 N–H and O–H groups in total. The molecular formula is C12H13N3O2. The van der Waals surface area contributed by atoms with Gasteiger partial charge in [-0.15, -0.1) is 0 Å². The molecule has 1 aromatic heterocycles. The Morgan fingerprint density at radius 1 is 1.41 bits per heavy atom. The Morgan fingerprint density at radius 3 is 2.71 bits per heavy atom. The Labute approximate surface area is 98.7 Å². The molecule has 0 bridgehead atoms. The number of anilines is 2. The lowest BCUT2D eigenvalue weighted by Crippen LogP contribution is -2.00. The highest BCUT2D eigenvalue weighted by Gasteiger charge is 2.07. The number of aryl methyl sites for hydroxylation is 2. The number of carboxylic acid groups (broad SMARTS) is 1. The largest absolute Gasteiger partial charge is 0.478 e. The van der Waals surface area contributed by atoms with Crippen LogP contribution in [0.15, 0.2) is 30.5 Å². The van der Waals surface area contributed by atoms with Gasteiger partial charge in [-0.1, -0.05) is 0 Å². The minimum atomic E-state index is -0.910. The third-order valence-electron chi connectivity index (χ3n) is 2.44. The average Bonchev–Trinajstić information content (AvgIpc) is 2.63. The number of rotatable bonds is 3. The second-order valence-electron chi connectivity index (χ2n) is 3.83. The Hall–Kier alpha value is -2.30. The van der Waals surface area contributed by atoms with Crippen LogP contribution in [-0.4, -0.2) is 20.9 Å². The third-order valence-corrected chi connectivity index (χ3v) is 2.44. The lowest BCUT2D eigenvalue weighted by Gasteiger charge is -2.06. The van der Waals surface area contributed by atoms with Crippen molar-refractivity contribution in [2.24, 2.45) is 7.05 Å². The van der Waals surface area contributed by atoms with E-state index in [0.717, 1.165) is 17.1 Å². The Bertz CT molecular complexity index is 561. The van der Waals surface area contributed by atoms with Gasteiger partial charge in [-0.2, -0.15) is 5.10 Å². The van der Waals surface area contributed by atoms with Crippen LogP contribution in [0, 0.1) is 6.92 Å². The van der Waals surface area contributed by atoms with Crippen LogP contribution in [0.1, 0.15) is 15.9 Å². The maximum atomic E-state index is 10.9. The molecule has 88 valence electrons. The topological polar surface area (TPSA) is 67.2 Å². The maximum absolute atomic E-state index is 10.9. The molecule has 0 fully saturated rings. The van der Waals surface area contributed by atoms with Gasteiger partial charge in [0.05, 0.1) is 5.56 Å². The summed E-state index contributed by atoms with van der Waals surface area (Å²) in [4.78, 5) is 10.9. The highest BCUT2D eigenvalue weighted by molar-refractivity contribution is 5.90. The molecule has 5 nitrogen and oxygen atoms in total. The fraction of sp³-hybridized carbons (Fsp3) is 0.167. The molecule has 0 saturated heterocycles. The normalized spacial score (nSPS) is 10.2. The highest BCUT2D eigenvalue weighted by Crippen LogP contribution is 2.18. The number of carbonyl (C=O) groups is 1. The summed E-state index contributed by atoms with van der Waals surface area (Å²) in [5.41, 5.74) is 1.86. The first-order chi connectivity index (χ1) is 8.06. The summed E-state index contributed by atoms with van der Waals surface area (Å²) in [6.45, 7) is 1.77. The predicted octanol–water partition coefficient (Wildman–Crippen LogP) is 2.17. The molecule has 0 aliphatic heterocycles.